The van der Waals surface area contributed by atoms with Crippen molar-refractivity contribution in [1.29, 1.82) is 0 Å². The van der Waals surface area contributed by atoms with E-state index in [4.69, 9.17) is 9.84 Å². The number of methoxy groups -OCH3 is 1. The fourth-order valence-corrected chi connectivity index (χ4v) is 2.23. The summed E-state index contributed by atoms with van der Waals surface area (Å²) in [6.45, 7) is 2.10. The van der Waals surface area contributed by atoms with Crippen LogP contribution in [0, 0.1) is 0 Å². The normalized spacial score (nSPS) is 12.2. The molecule has 0 bridgehead atoms. The first-order valence-corrected chi connectivity index (χ1v) is 6.68. The Hall–Kier alpha value is -1.55. The lowest BCUT2D eigenvalue weighted by molar-refractivity contribution is -0.137. The van der Waals surface area contributed by atoms with Gasteiger partial charge in [-0.3, -0.25) is 4.79 Å². The lowest BCUT2D eigenvalue weighted by Gasteiger charge is -2.18. The van der Waals surface area contributed by atoms with Crippen molar-refractivity contribution in [3.05, 3.63) is 29.3 Å². The molecule has 0 heterocycles. The van der Waals surface area contributed by atoms with Crippen molar-refractivity contribution >= 4 is 5.97 Å². The summed E-state index contributed by atoms with van der Waals surface area (Å²) >= 11 is 0. The van der Waals surface area contributed by atoms with Gasteiger partial charge in [-0.15, -0.1) is 0 Å². The second-order valence-corrected chi connectivity index (χ2v) is 4.55. The number of hydrogen-bond acceptors (Lipinski definition) is 3. The number of carboxylic acids is 1. The van der Waals surface area contributed by atoms with E-state index in [1.165, 1.54) is 11.1 Å². The minimum atomic E-state index is -0.737. The zero-order valence-corrected chi connectivity index (χ0v) is 11.9. The van der Waals surface area contributed by atoms with Crippen LogP contribution in [0.3, 0.4) is 0 Å². The van der Waals surface area contributed by atoms with Crippen molar-refractivity contribution in [2.45, 2.75) is 38.6 Å². The summed E-state index contributed by atoms with van der Waals surface area (Å²) in [6.07, 6.45) is 2.63. The summed E-state index contributed by atoms with van der Waals surface area (Å²) in [6, 6.07) is 6.35. The number of benzene rings is 1. The van der Waals surface area contributed by atoms with Crippen LogP contribution in [0.15, 0.2) is 18.2 Å². The number of carboxylic acid groups (broad SMARTS) is 1. The van der Waals surface area contributed by atoms with E-state index in [0.29, 0.717) is 6.42 Å². The van der Waals surface area contributed by atoms with Crippen molar-refractivity contribution in [3.8, 4) is 5.75 Å². The molecule has 106 valence electrons. The average Bonchev–Trinajstić information content (AvgIpc) is 2.42. The molecule has 4 nitrogen and oxygen atoms in total. The number of ether oxygens (including phenoxy) is 1. The Kier molecular flexibility index (Phi) is 6.36. The third-order valence-corrected chi connectivity index (χ3v) is 3.32. The van der Waals surface area contributed by atoms with Crippen LogP contribution in [0.1, 0.15) is 43.4 Å². The topological polar surface area (TPSA) is 58.6 Å². The van der Waals surface area contributed by atoms with E-state index in [1.54, 1.807) is 7.11 Å². The molecule has 0 radical (unpaired) electrons. The number of aryl methyl sites for hydroxylation is 1. The lowest BCUT2D eigenvalue weighted by atomic mass is 9.98. The summed E-state index contributed by atoms with van der Waals surface area (Å²) in [5.74, 6) is 0.172. The van der Waals surface area contributed by atoms with Crippen molar-refractivity contribution in [2.75, 3.05) is 14.2 Å². The van der Waals surface area contributed by atoms with Crippen LogP contribution in [-0.2, 0) is 11.2 Å². The largest absolute Gasteiger partial charge is 0.496 e. The predicted molar refractivity (Wildman–Crippen MR) is 75.7 cm³/mol. The van der Waals surface area contributed by atoms with Gasteiger partial charge in [-0.2, -0.15) is 0 Å². The smallest absolute Gasteiger partial charge is 0.303 e. The van der Waals surface area contributed by atoms with Gasteiger partial charge in [0.05, 0.1) is 7.11 Å². The SMILES string of the molecule is CCc1cc(C(CCCC(=O)O)NC)ccc1OC. The van der Waals surface area contributed by atoms with E-state index < -0.39 is 5.97 Å². The third-order valence-electron chi connectivity index (χ3n) is 3.32. The van der Waals surface area contributed by atoms with Gasteiger partial charge in [-0.1, -0.05) is 19.1 Å². The number of carbonyl (C=O) groups is 1. The van der Waals surface area contributed by atoms with Crippen LogP contribution >= 0.6 is 0 Å². The zero-order chi connectivity index (χ0) is 14.3. The van der Waals surface area contributed by atoms with E-state index in [0.717, 1.165) is 18.6 Å². The maximum Gasteiger partial charge on any atom is 0.303 e. The summed E-state index contributed by atoms with van der Waals surface area (Å²) in [4.78, 5) is 10.6. The summed E-state index contributed by atoms with van der Waals surface area (Å²) in [5, 5.41) is 11.9. The van der Waals surface area contributed by atoms with E-state index in [-0.39, 0.29) is 12.5 Å². The van der Waals surface area contributed by atoms with Crippen LogP contribution in [0.2, 0.25) is 0 Å². The molecule has 0 saturated carbocycles. The zero-order valence-electron chi connectivity index (χ0n) is 11.9. The second kappa shape index (κ2) is 7.79. The first-order valence-electron chi connectivity index (χ1n) is 6.68. The predicted octanol–water partition coefficient (Wildman–Crippen LogP) is 2.77. The lowest BCUT2D eigenvalue weighted by Crippen LogP contribution is -2.17. The molecule has 0 spiro atoms. The van der Waals surface area contributed by atoms with Crippen LogP contribution < -0.4 is 10.1 Å². The average molecular weight is 265 g/mol. The molecule has 1 aromatic rings. The van der Waals surface area contributed by atoms with E-state index >= 15 is 0 Å². The quantitative estimate of drug-likeness (QED) is 0.759. The molecule has 1 aromatic carbocycles. The van der Waals surface area contributed by atoms with Crippen LogP contribution in [0.5, 0.6) is 5.75 Å². The molecule has 2 N–H and O–H groups in total. The first kappa shape index (κ1) is 15.5. The molecule has 0 aromatic heterocycles. The Balaban J connectivity index is 2.77. The van der Waals surface area contributed by atoms with E-state index in [2.05, 4.69) is 18.3 Å². The minimum absolute atomic E-state index is 0.190. The van der Waals surface area contributed by atoms with Crippen LogP contribution in [0.4, 0.5) is 0 Å². The van der Waals surface area contributed by atoms with Gasteiger partial charge in [0.2, 0.25) is 0 Å². The summed E-state index contributed by atoms with van der Waals surface area (Å²) < 4.78 is 5.32. The molecule has 0 aliphatic carbocycles. The summed E-state index contributed by atoms with van der Waals surface area (Å²) in [5.41, 5.74) is 2.36. The standard InChI is InChI=1S/C15H23NO3/c1-4-11-10-12(8-9-14(11)19-3)13(16-2)6-5-7-15(17)18/h8-10,13,16H,4-7H2,1-3H3,(H,17,18). The number of hydrogen-bond donors (Lipinski definition) is 2. The maximum absolute atomic E-state index is 10.6. The third kappa shape index (κ3) is 4.56. The van der Waals surface area contributed by atoms with Crippen molar-refractivity contribution in [3.63, 3.8) is 0 Å². The molecule has 0 aliphatic heterocycles. The molecule has 1 atom stereocenters. The van der Waals surface area contributed by atoms with Crippen LogP contribution in [0.25, 0.3) is 0 Å². The molecule has 0 fully saturated rings. The van der Waals surface area contributed by atoms with E-state index in [9.17, 15) is 4.79 Å². The first-order chi connectivity index (χ1) is 9.12. The monoisotopic (exact) mass is 265 g/mol. The van der Waals surface area contributed by atoms with Gasteiger partial charge in [0.15, 0.2) is 0 Å². The molecule has 0 amide bonds. The van der Waals surface area contributed by atoms with Gasteiger partial charge < -0.3 is 15.2 Å². The Bertz CT molecular complexity index is 418. The van der Waals surface area contributed by atoms with Crippen LogP contribution in [-0.4, -0.2) is 25.2 Å². The van der Waals surface area contributed by atoms with E-state index in [1.807, 2.05) is 19.2 Å². The number of aliphatic carboxylic acids is 1. The number of nitrogens with one attached hydrogen (secondary N) is 1. The fourth-order valence-electron chi connectivity index (χ4n) is 2.23. The van der Waals surface area contributed by atoms with Crippen molar-refractivity contribution in [1.82, 2.24) is 5.32 Å². The fraction of sp³-hybridized carbons (Fsp3) is 0.533. The molecule has 1 unspecified atom stereocenters. The molecule has 19 heavy (non-hydrogen) atoms. The molecule has 4 heteroatoms. The highest BCUT2D eigenvalue weighted by atomic mass is 16.5. The Morgan fingerprint density at radius 2 is 2.21 bits per heavy atom. The highest BCUT2D eigenvalue weighted by Gasteiger charge is 2.12. The van der Waals surface area contributed by atoms with Gasteiger partial charge in [0.1, 0.15) is 5.75 Å². The highest BCUT2D eigenvalue weighted by molar-refractivity contribution is 5.66. The molecule has 0 saturated heterocycles. The van der Waals surface area contributed by atoms with Gasteiger partial charge in [-0.05, 0) is 43.5 Å². The number of rotatable bonds is 8. The highest BCUT2D eigenvalue weighted by Crippen LogP contribution is 2.26. The molecule has 0 aliphatic rings. The van der Waals surface area contributed by atoms with Gasteiger partial charge >= 0.3 is 5.97 Å². The molecular formula is C15H23NO3. The Morgan fingerprint density at radius 3 is 2.74 bits per heavy atom. The van der Waals surface area contributed by atoms with Crippen molar-refractivity contribution in [2.24, 2.45) is 0 Å². The van der Waals surface area contributed by atoms with Crippen molar-refractivity contribution < 1.29 is 14.6 Å². The second-order valence-electron chi connectivity index (χ2n) is 4.55. The van der Waals surface area contributed by atoms with Gasteiger partial charge in [-0.25, -0.2) is 0 Å². The molecule has 1 rings (SSSR count). The maximum atomic E-state index is 10.6. The van der Waals surface area contributed by atoms with Gasteiger partial charge in [0, 0.05) is 12.5 Å². The van der Waals surface area contributed by atoms with Gasteiger partial charge in [0.25, 0.3) is 0 Å². The molecular weight excluding hydrogens is 242 g/mol. The minimum Gasteiger partial charge on any atom is -0.496 e. The Morgan fingerprint density at radius 1 is 1.47 bits per heavy atom. The Labute approximate surface area is 114 Å². The summed E-state index contributed by atoms with van der Waals surface area (Å²) in [7, 11) is 3.58.